The van der Waals surface area contributed by atoms with Crippen molar-refractivity contribution in [1.29, 1.82) is 0 Å². The molecule has 0 bridgehead atoms. The van der Waals surface area contributed by atoms with Crippen LogP contribution in [0.4, 0.5) is 13.2 Å². The smallest absolute Gasteiger partial charge is 0.416 e. The number of rotatable bonds is 13. The van der Waals surface area contributed by atoms with E-state index < -0.39 is 17.7 Å². The van der Waals surface area contributed by atoms with Gasteiger partial charge >= 0.3 is 12.1 Å². The second kappa shape index (κ2) is 14.2. The maximum absolute atomic E-state index is 13.0. The third-order valence-corrected chi connectivity index (χ3v) is 8.89. The topological polar surface area (TPSA) is 62.7 Å². The Bertz CT molecular complexity index is 1270. The lowest BCUT2D eigenvalue weighted by Gasteiger charge is -2.39. The molecule has 3 aromatic rings. The van der Waals surface area contributed by atoms with E-state index in [2.05, 4.69) is 16.0 Å². The highest BCUT2D eigenvalue weighted by Crippen LogP contribution is 2.34. The first-order valence-electron chi connectivity index (χ1n) is 13.9. The van der Waals surface area contributed by atoms with Gasteiger partial charge in [-0.25, -0.2) is 0 Å². The van der Waals surface area contributed by atoms with E-state index in [9.17, 15) is 23.1 Å². The van der Waals surface area contributed by atoms with Crippen LogP contribution in [0.1, 0.15) is 49.7 Å². The molecule has 2 heterocycles. The van der Waals surface area contributed by atoms with Crippen LogP contribution in [-0.2, 0) is 17.4 Å². The zero-order chi connectivity index (χ0) is 28.5. The molecule has 1 aliphatic heterocycles. The van der Waals surface area contributed by atoms with Crippen molar-refractivity contribution in [2.45, 2.75) is 56.0 Å². The van der Waals surface area contributed by atoms with Gasteiger partial charge in [-0.3, -0.25) is 9.78 Å². The fourth-order valence-corrected chi connectivity index (χ4v) is 6.59. The molecular weight excluding hydrogens is 537 g/mol. The molecule has 5 nitrogen and oxygen atoms in total. The summed E-state index contributed by atoms with van der Waals surface area (Å²) in [7, 11) is 1.66. The van der Waals surface area contributed by atoms with Crippen LogP contribution >= 0.6 is 11.8 Å². The van der Waals surface area contributed by atoms with E-state index in [1.807, 2.05) is 24.4 Å². The molecule has 4 rings (SSSR count). The lowest BCUT2D eigenvalue weighted by molar-refractivity contribution is -0.138. The van der Waals surface area contributed by atoms with Crippen molar-refractivity contribution in [2.75, 3.05) is 32.5 Å². The number of benzene rings is 2. The lowest BCUT2D eigenvalue weighted by Crippen LogP contribution is -2.41. The van der Waals surface area contributed by atoms with Crippen molar-refractivity contribution in [3.63, 3.8) is 0 Å². The summed E-state index contributed by atoms with van der Waals surface area (Å²) in [5.41, 5.74) is 1.59. The second-order valence-electron chi connectivity index (χ2n) is 10.5. The molecule has 0 saturated carbocycles. The van der Waals surface area contributed by atoms with Crippen LogP contribution < -0.4 is 4.74 Å². The number of methoxy groups -OCH3 is 1. The summed E-state index contributed by atoms with van der Waals surface area (Å²) in [4.78, 5) is 18.8. The molecule has 2 aromatic carbocycles. The number of piperidine rings is 1. The van der Waals surface area contributed by atoms with Gasteiger partial charge < -0.3 is 14.7 Å². The maximum Gasteiger partial charge on any atom is 0.416 e. The number of aryl methyl sites for hydroxylation is 1. The molecule has 1 saturated heterocycles. The van der Waals surface area contributed by atoms with Crippen molar-refractivity contribution in [1.82, 2.24) is 9.88 Å². The molecule has 1 fully saturated rings. The number of carboxylic acid groups (broad SMARTS) is 1. The number of pyridine rings is 1. The summed E-state index contributed by atoms with van der Waals surface area (Å²) >= 11 is 1.45. The minimum absolute atomic E-state index is 0.176. The van der Waals surface area contributed by atoms with Gasteiger partial charge in [0.25, 0.3) is 0 Å². The van der Waals surface area contributed by atoms with Gasteiger partial charge in [0.15, 0.2) is 0 Å². The number of aliphatic carboxylic acids is 1. The Kier molecular flexibility index (Phi) is 10.7. The van der Waals surface area contributed by atoms with Crippen LogP contribution in [0.3, 0.4) is 0 Å². The monoisotopic (exact) mass is 574 g/mol. The number of hydrogen-bond acceptors (Lipinski definition) is 5. The first-order valence-corrected chi connectivity index (χ1v) is 14.9. The largest absolute Gasteiger partial charge is 0.497 e. The van der Waals surface area contributed by atoms with Gasteiger partial charge in [-0.05, 0) is 117 Å². The molecule has 40 heavy (non-hydrogen) atoms. The van der Waals surface area contributed by atoms with Gasteiger partial charge in [0, 0.05) is 29.4 Å². The molecule has 1 aliphatic rings. The van der Waals surface area contributed by atoms with Crippen molar-refractivity contribution in [2.24, 2.45) is 11.8 Å². The Hall–Kier alpha value is -2.78. The molecule has 9 heteroatoms. The van der Waals surface area contributed by atoms with Crippen molar-refractivity contribution < 1.29 is 27.8 Å². The Balaban J connectivity index is 1.27. The summed E-state index contributed by atoms with van der Waals surface area (Å²) in [6.45, 7) is 2.71. The number of halogens is 3. The SMILES string of the molecule is COc1ccc2nccc(CCC[C@@H]3CCN(CCCSc4cccc(C(F)(F)F)c4)C[C@@H]3CCC(=O)O)c2c1. The van der Waals surface area contributed by atoms with Crippen LogP contribution in [0.25, 0.3) is 10.9 Å². The summed E-state index contributed by atoms with van der Waals surface area (Å²) in [6.07, 6.45) is 3.29. The summed E-state index contributed by atoms with van der Waals surface area (Å²) < 4.78 is 44.3. The van der Waals surface area contributed by atoms with Crippen LogP contribution in [0.2, 0.25) is 0 Å². The number of aromatic nitrogens is 1. The maximum atomic E-state index is 13.0. The van der Waals surface area contributed by atoms with Crippen molar-refractivity contribution >= 4 is 28.6 Å². The van der Waals surface area contributed by atoms with E-state index in [-0.39, 0.29) is 6.42 Å². The van der Waals surface area contributed by atoms with Gasteiger partial charge in [0.2, 0.25) is 0 Å². The standard InChI is InChI=1S/C31H37F3N2O3S/c1-39-26-10-11-29-28(20-26)23(13-15-35-29)6-2-5-22-14-17-36(21-24(22)9-12-30(37)38)16-4-18-40-27-8-3-7-25(19-27)31(32,33)34/h3,7-8,10-11,13,15,19-20,22,24H,2,4-6,9,12,14,16-18,21H2,1H3,(H,37,38)/t22-,24+/m1/s1. The van der Waals surface area contributed by atoms with Gasteiger partial charge in [-0.2, -0.15) is 13.2 Å². The van der Waals surface area contributed by atoms with Crippen LogP contribution in [0.15, 0.2) is 59.6 Å². The van der Waals surface area contributed by atoms with Crippen LogP contribution in [0, 0.1) is 11.8 Å². The van der Waals surface area contributed by atoms with E-state index in [0.29, 0.717) is 23.2 Å². The second-order valence-corrected chi connectivity index (χ2v) is 11.7. The van der Waals surface area contributed by atoms with E-state index in [0.717, 1.165) is 80.2 Å². The van der Waals surface area contributed by atoms with Crippen LogP contribution in [0.5, 0.6) is 5.75 Å². The number of thioether (sulfide) groups is 1. The number of alkyl halides is 3. The number of hydrogen-bond donors (Lipinski definition) is 1. The van der Waals surface area contributed by atoms with Crippen LogP contribution in [-0.4, -0.2) is 53.5 Å². The minimum atomic E-state index is -4.33. The van der Waals surface area contributed by atoms with E-state index in [1.54, 1.807) is 13.2 Å². The minimum Gasteiger partial charge on any atom is -0.497 e. The third-order valence-electron chi connectivity index (χ3n) is 7.81. The molecule has 1 aromatic heterocycles. The van der Waals surface area contributed by atoms with Crippen molar-refractivity contribution in [3.05, 3.63) is 65.9 Å². The fraction of sp³-hybridized carbons (Fsp3) is 0.484. The Morgan fingerprint density at radius 2 is 1.98 bits per heavy atom. The molecule has 2 atom stereocenters. The first-order chi connectivity index (χ1) is 19.2. The number of likely N-dealkylation sites (tertiary alicyclic amines) is 1. The molecule has 0 amide bonds. The highest BCUT2D eigenvalue weighted by atomic mass is 32.2. The summed E-state index contributed by atoms with van der Waals surface area (Å²) in [5, 5.41) is 10.4. The number of nitrogens with zero attached hydrogens (tertiary/aromatic N) is 2. The lowest BCUT2D eigenvalue weighted by atomic mass is 9.79. The Morgan fingerprint density at radius 1 is 1.12 bits per heavy atom. The summed E-state index contributed by atoms with van der Waals surface area (Å²) in [6, 6.07) is 13.5. The number of fused-ring (bicyclic) bond motifs is 1. The molecule has 1 N–H and O–H groups in total. The highest BCUT2D eigenvalue weighted by molar-refractivity contribution is 7.99. The predicted molar refractivity (Wildman–Crippen MR) is 153 cm³/mol. The number of carbonyl (C=O) groups is 1. The zero-order valence-corrected chi connectivity index (χ0v) is 23.6. The third kappa shape index (κ3) is 8.61. The molecular formula is C31H37F3N2O3S. The van der Waals surface area contributed by atoms with E-state index in [4.69, 9.17) is 4.74 Å². The molecule has 0 spiro atoms. The first kappa shape index (κ1) is 30.2. The fourth-order valence-electron chi connectivity index (χ4n) is 5.70. The quantitative estimate of drug-likeness (QED) is 0.168. The van der Waals surface area contributed by atoms with E-state index >= 15 is 0 Å². The normalized spacial score (nSPS) is 18.2. The van der Waals surface area contributed by atoms with Gasteiger partial charge in [0.1, 0.15) is 5.75 Å². The number of ether oxygens (including phenoxy) is 1. The van der Waals surface area contributed by atoms with Gasteiger partial charge in [-0.1, -0.05) is 6.07 Å². The molecule has 0 radical (unpaired) electrons. The van der Waals surface area contributed by atoms with E-state index in [1.165, 1.54) is 29.5 Å². The predicted octanol–water partition coefficient (Wildman–Crippen LogP) is 7.57. The Labute approximate surface area is 238 Å². The molecule has 0 unspecified atom stereocenters. The highest BCUT2D eigenvalue weighted by Gasteiger charge is 2.31. The van der Waals surface area contributed by atoms with Gasteiger partial charge in [-0.15, -0.1) is 11.8 Å². The summed E-state index contributed by atoms with van der Waals surface area (Å²) in [5.74, 6) is 1.61. The van der Waals surface area contributed by atoms with Gasteiger partial charge in [0.05, 0.1) is 18.2 Å². The molecule has 216 valence electrons. The van der Waals surface area contributed by atoms with Crippen molar-refractivity contribution in [3.8, 4) is 5.75 Å². The number of carboxylic acids is 1. The zero-order valence-electron chi connectivity index (χ0n) is 22.8. The average Bonchev–Trinajstić information content (AvgIpc) is 2.94. The Morgan fingerprint density at radius 3 is 2.75 bits per heavy atom. The average molecular weight is 575 g/mol. The molecule has 0 aliphatic carbocycles.